The lowest BCUT2D eigenvalue weighted by molar-refractivity contribution is -0.0979. The fourth-order valence-electron chi connectivity index (χ4n) is 1.21. The fraction of sp³-hybridized carbons (Fsp3) is 0.545. The topological polar surface area (TPSA) is 46.5 Å². The molecule has 1 aliphatic carbocycles. The second-order valence-electron chi connectivity index (χ2n) is 2.84. The summed E-state index contributed by atoms with van der Waals surface area (Å²) < 4.78 is 5.16. The molecule has 1 rings (SSSR count). The summed E-state index contributed by atoms with van der Waals surface area (Å²) in [5.74, 6) is 0. The molecule has 0 aromatic heterocycles. The van der Waals surface area contributed by atoms with Crippen LogP contribution in [0.25, 0.3) is 0 Å². The van der Waals surface area contributed by atoms with Crippen molar-refractivity contribution in [3.63, 3.8) is 0 Å². The predicted molar refractivity (Wildman–Crippen MR) is 56.1 cm³/mol. The van der Waals surface area contributed by atoms with Gasteiger partial charge in [0.25, 0.3) is 0 Å². The number of carbonyl (C=O) groups is 1. The van der Waals surface area contributed by atoms with Crippen molar-refractivity contribution in [2.45, 2.75) is 19.3 Å². The normalized spacial score (nSPS) is 14.2. The van der Waals surface area contributed by atoms with Gasteiger partial charge in [-0.2, -0.15) is 0 Å². The quantitative estimate of drug-likeness (QED) is 0.680. The first-order chi connectivity index (χ1) is 6.93. The monoisotopic (exact) mass is 198 g/mol. The molecule has 0 heterocycles. The van der Waals surface area contributed by atoms with Crippen LogP contribution in [-0.4, -0.2) is 31.7 Å². The molecule has 0 spiro atoms. The van der Waals surface area contributed by atoms with E-state index in [1.165, 1.54) is 12.0 Å². The van der Waals surface area contributed by atoms with Crippen molar-refractivity contribution in [2.24, 2.45) is 0 Å². The molecular weight excluding hydrogens is 180 g/mol. The first kappa shape index (κ1) is 13.1. The molecule has 0 fully saturated rings. The molecule has 0 saturated heterocycles. The molecule has 0 saturated carbocycles. The molecule has 3 heteroatoms. The van der Waals surface area contributed by atoms with Gasteiger partial charge in [0.1, 0.15) is 6.79 Å². The lowest BCUT2D eigenvalue weighted by Crippen LogP contribution is -2.01. The second-order valence-corrected chi connectivity index (χ2v) is 2.84. The van der Waals surface area contributed by atoms with Gasteiger partial charge in [-0.05, 0) is 19.3 Å². The van der Waals surface area contributed by atoms with Crippen molar-refractivity contribution in [3.05, 3.63) is 23.8 Å². The number of hydrogen-bond acceptors (Lipinski definition) is 3. The van der Waals surface area contributed by atoms with Crippen LogP contribution in [0.3, 0.4) is 0 Å². The minimum Gasteiger partial charge on any atom is -0.394 e. The van der Waals surface area contributed by atoms with Gasteiger partial charge >= 0.3 is 0 Å². The molecule has 14 heavy (non-hydrogen) atoms. The summed E-state index contributed by atoms with van der Waals surface area (Å²) in [4.78, 5) is 8.00. The molecule has 0 atom stereocenters. The van der Waals surface area contributed by atoms with Gasteiger partial charge in [-0.3, -0.25) is 0 Å². The molecule has 0 unspecified atom stereocenters. The van der Waals surface area contributed by atoms with Crippen molar-refractivity contribution in [1.82, 2.24) is 0 Å². The van der Waals surface area contributed by atoms with Gasteiger partial charge in [0.15, 0.2) is 0 Å². The lowest BCUT2D eigenvalue weighted by Gasteiger charge is -2.06. The standard InChI is InChI=1S/C10H16O2.CH2O/c11-7-9-12-8-6-10-4-2-1-3-5-10;1-2/h2,4-5,11H,1,3,6-9H2;1H2. The summed E-state index contributed by atoms with van der Waals surface area (Å²) in [7, 11) is 0. The van der Waals surface area contributed by atoms with Crippen LogP contribution in [0.15, 0.2) is 23.8 Å². The van der Waals surface area contributed by atoms with Crippen LogP contribution < -0.4 is 0 Å². The largest absolute Gasteiger partial charge is 0.394 e. The zero-order valence-electron chi connectivity index (χ0n) is 8.45. The molecule has 0 bridgehead atoms. The molecule has 3 nitrogen and oxygen atoms in total. The van der Waals surface area contributed by atoms with Gasteiger partial charge < -0.3 is 14.6 Å². The number of aliphatic hydroxyl groups is 1. The number of carbonyl (C=O) groups excluding carboxylic acids is 1. The van der Waals surface area contributed by atoms with Gasteiger partial charge in [-0.1, -0.05) is 23.8 Å². The van der Waals surface area contributed by atoms with Gasteiger partial charge in [-0.25, -0.2) is 0 Å². The van der Waals surface area contributed by atoms with E-state index in [-0.39, 0.29) is 6.61 Å². The Hall–Kier alpha value is -0.930. The number of aliphatic hydroxyl groups excluding tert-OH is 1. The highest BCUT2D eigenvalue weighted by molar-refractivity contribution is 5.21. The summed E-state index contributed by atoms with van der Waals surface area (Å²) in [6.45, 7) is 3.29. The predicted octanol–water partition coefficient (Wildman–Crippen LogP) is 1.48. The summed E-state index contributed by atoms with van der Waals surface area (Å²) in [5.41, 5.74) is 1.36. The van der Waals surface area contributed by atoms with Crippen LogP contribution in [0, 0.1) is 0 Å². The fourth-order valence-corrected chi connectivity index (χ4v) is 1.21. The van der Waals surface area contributed by atoms with E-state index in [4.69, 9.17) is 14.6 Å². The van der Waals surface area contributed by atoms with Crippen LogP contribution in [0.5, 0.6) is 0 Å². The van der Waals surface area contributed by atoms with Crippen LogP contribution in [0.2, 0.25) is 0 Å². The molecule has 0 radical (unpaired) electrons. The Kier molecular flexibility index (Phi) is 9.48. The van der Waals surface area contributed by atoms with Crippen LogP contribution in [0.4, 0.5) is 0 Å². The van der Waals surface area contributed by atoms with Crippen molar-refractivity contribution >= 4 is 6.79 Å². The highest BCUT2D eigenvalue weighted by atomic mass is 16.5. The molecule has 0 aliphatic heterocycles. The number of allylic oxidation sites excluding steroid dienone is 3. The van der Waals surface area contributed by atoms with E-state index in [1.807, 2.05) is 6.79 Å². The lowest BCUT2D eigenvalue weighted by atomic mass is 10.1. The van der Waals surface area contributed by atoms with E-state index < -0.39 is 0 Å². The molecule has 1 aliphatic rings. The van der Waals surface area contributed by atoms with Crippen LogP contribution in [-0.2, 0) is 9.53 Å². The third-order valence-corrected chi connectivity index (χ3v) is 1.84. The van der Waals surface area contributed by atoms with E-state index in [0.717, 1.165) is 19.4 Å². The number of rotatable bonds is 5. The first-order valence-corrected chi connectivity index (χ1v) is 4.76. The van der Waals surface area contributed by atoms with Gasteiger partial charge in [0.2, 0.25) is 0 Å². The van der Waals surface area contributed by atoms with E-state index in [2.05, 4.69) is 18.2 Å². The van der Waals surface area contributed by atoms with Crippen molar-refractivity contribution < 1.29 is 14.6 Å². The Bertz CT molecular complexity index is 185. The summed E-state index contributed by atoms with van der Waals surface area (Å²) in [6, 6.07) is 0. The average molecular weight is 198 g/mol. The Morgan fingerprint density at radius 3 is 2.71 bits per heavy atom. The third-order valence-electron chi connectivity index (χ3n) is 1.84. The summed E-state index contributed by atoms with van der Waals surface area (Å²) in [5, 5.41) is 8.45. The van der Waals surface area contributed by atoms with Gasteiger partial charge in [0, 0.05) is 0 Å². The van der Waals surface area contributed by atoms with Crippen molar-refractivity contribution in [3.8, 4) is 0 Å². The number of ether oxygens (including phenoxy) is 1. The van der Waals surface area contributed by atoms with E-state index in [1.54, 1.807) is 0 Å². The molecule has 0 aromatic carbocycles. The SMILES string of the molecule is C=O.OCCOCCC1=CCCC=C1. The molecule has 0 amide bonds. The second kappa shape index (κ2) is 10.2. The Balaban J connectivity index is 0.000000791. The zero-order chi connectivity index (χ0) is 10.6. The minimum atomic E-state index is 0.120. The van der Waals surface area contributed by atoms with E-state index >= 15 is 0 Å². The number of hydrogen-bond donors (Lipinski definition) is 1. The minimum absolute atomic E-state index is 0.120. The van der Waals surface area contributed by atoms with Crippen LogP contribution in [0.1, 0.15) is 19.3 Å². The Labute approximate surface area is 85.1 Å². The van der Waals surface area contributed by atoms with Gasteiger partial charge in [-0.15, -0.1) is 0 Å². The molecular formula is C11H18O3. The maximum atomic E-state index is 8.45. The molecule has 80 valence electrons. The van der Waals surface area contributed by atoms with Crippen molar-refractivity contribution in [2.75, 3.05) is 19.8 Å². The average Bonchev–Trinajstić information content (AvgIpc) is 2.29. The maximum Gasteiger partial charge on any atom is 0.106 e. The Morgan fingerprint density at radius 2 is 2.14 bits per heavy atom. The molecule has 0 aromatic rings. The third kappa shape index (κ3) is 6.57. The van der Waals surface area contributed by atoms with E-state index in [9.17, 15) is 0 Å². The smallest absolute Gasteiger partial charge is 0.106 e. The van der Waals surface area contributed by atoms with Crippen LogP contribution >= 0.6 is 0 Å². The zero-order valence-corrected chi connectivity index (χ0v) is 8.45. The van der Waals surface area contributed by atoms with Gasteiger partial charge in [0.05, 0.1) is 19.8 Å². The van der Waals surface area contributed by atoms with E-state index in [0.29, 0.717) is 6.61 Å². The molecule has 1 N–H and O–H groups in total. The van der Waals surface area contributed by atoms with Crippen molar-refractivity contribution in [1.29, 1.82) is 0 Å². The highest BCUT2D eigenvalue weighted by Gasteiger charge is 1.96. The highest BCUT2D eigenvalue weighted by Crippen LogP contribution is 2.12. The Morgan fingerprint density at radius 1 is 1.36 bits per heavy atom. The first-order valence-electron chi connectivity index (χ1n) is 4.76. The summed E-state index contributed by atoms with van der Waals surface area (Å²) in [6.07, 6.45) is 9.90. The summed E-state index contributed by atoms with van der Waals surface area (Å²) >= 11 is 0. The maximum absolute atomic E-state index is 8.45.